The molecule has 1 aliphatic heterocycles. The maximum Gasteiger partial charge on any atom is 0.333 e. The van der Waals surface area contributed by atoms with Crippen molar-refractivity contribution in [3.63, 3.8) is 0 Å². The number of sulfonamides is 1. The van der Waals surface area contributed by atoms with Crippen molar-refractivity contribution in [1.82, 2.24) is 4.31 Å². The predicted molar refractivity (Wildman–Crippen MR) is 83.1 cm³/mol. The summed E-state index contributed by atoms with van der Waals surface area (Å²) in [5.74, 6) is -0.752. The molecule has 0 radical (unpaired) electrons. The maximum absolute atomic E-state index is 12.9. The Hall–Kier alpha value is -1.70. The molecule has 1 fully saturated rings. The standard InChI is InChI=1S/C16H19NO5S/c1-10-3-5-12(6-4-10)23(20,21)17-9-11-7-14(17)15(18)8-13(11)16(19)22-2/h3-6,8,11,14-15,18H,7,9H2,1-2H3/t11-,14-,15+/m1/s1. The van der Waals surface area contributed by atoms with E-state index in [0.717, 1.165) is 5.56 Å². The smallest absolute Gasteiger partial charge is 0.333 e. The molecule has 3 rings (SSSR count). The van der Waals surface area contributed by atoms with Crippen LogP contribution >= 0.6 is 0 Å². The second-order valence-corrected chi connectivity index (χ2v) is 7.88. The molecule has 124 valence electrons. The summed E-state index contributed by atoms with van der Waals surface area (Å²) in [6.45, 7) is 2.06. The minimum atomic E-state index is -3.71. The van der Waals surface area contributed by atoms with Gasteiger partial charge in [0.05, 0.1) is 24.2 Å². The number of aliphatic hydroxyl groups is 1. The average molecular weight is 337 g/mol. The Morgan fingerprint density at radius 3 is 2.57 bits per heavy atom. The van der Waals surface area contributed by atoms with Gasteiger partial charge in [-0.1, -0.05) is 17.7 Å². The first-order valence-corrected chi connectivity index (χ1v) is 8.85. The predicted octanol–water partition coefficient (Wildman–Crippen LogP) is 0.848. The lowest BCUT2D eigenvalue weighted by atomic mass is 9.87. The molecule has 1 aliphatic carbocycles. The molecule has 1 N–H and O–H groups in total. The summed E-state index contributed by atoms with van der Waals surface area (Å²) >= 11 is 0. The van der Waals surface area contributed by atoms with Crippen molar-refractivity contribution in [3.05, 3.63) is 41.5 Å². The van der Waals surface area contributed by atoms with Crippen LogP contribution in [0.15, 0.2) is 40.8 Å². The van der Waals surface area contributed by atoms with Crippen LogP contribution in [0.1, 0.15) is 12.0 Å². The largest absolute Gasteiger partial charge is 0.466 e. The topological polar surface area (TPSA) is 83.9 Å². The molecule has 23 heavy (non-hydrogen) atoms. The highest BCUT2D eigenvalue weighted by Gasteiger charge is 2.48. The lowest BCUT2D eigenvalue weighted by Crippen LogP contribution is -2.42. The Kier molecular flexibility index (Phi) is 4.03. The van der Waals surface area contributed by atoms with Gasteiger partial charge in [0.1, 0.15) is 0 Å². The van der Waals surface area contributed by atoms with E-state index in [1.54, 1.807) is 24.3 Å². The molecule has 1 aromatic rings. The van der Waals surface area contributed by atoms with Crippen LogP contribution < -0.4 is 0 Å². The molecule has 0 spiro atoms. The second kappa shape index (κ2) is 5.74. The van der Waals surface area contributed by atoms with Crippen molar-refractivity contribution in [2.24, 2.45) is 5.92 Å². The van der Waals surface area contributed by atoms with Crippen LogP contribution in [0, 0.1) is 12.8 Å². The Labute approximate surface area is 135 Å². The summed E-state index contributed by atoms with van der Waals surface area (Å²) in [6, 6.07) is 6.06. The Morgan fingerprint density at radius 2 is 1.96 bits per heavy atom. The van der Waals surface area contributed by atoms with Gasteiger partial charge in [-0.3, -0.25) is 0 Å². The molecular formula is C16H19NO5S. The molecule has 6 nitrogen and oxygen atoms in total. The molecule has 0 unspecified atom stereocenters. The summed E-state index contributed by atoms with van der Waals surface area (Å²) in [4.78, 5) is 12.0. The van der Waals surface area contributed by atoms with Crippen molar-refractivity contribution in [3.8, 4) is 0 Å². The molecule has 2 bridgehead atoms. The Morgan fingerprint density at radius 1 is 1.30 bits per heavy atom. The zero-order valence-electron chi connectivity index (χ0n) is 13.0. The van der Waals surface area contributed by atoms with E-state index < -0.39 is 28.1 Å². The van der Waals surface area contributed by atoms with Gasteiger partial charge < -0.3 is 9.84 Å². The van der Waals surface area contributed by atoms with E-state index in [1.165, 1.54) is 17.5 Å². The average Bonchev–Trinajstić information content (AvgIpc) is 2.92. The molecule has 0 aromatic heterocycles. The number of benzene rings is 1. The van der Waals surface area contributed by atoms with Gasteiger partial charge >= 0.3 is 5.97 Å². The van der Waals surface area contributed by atoms with Crippen LogP contribution in [-0.4, -0.2) is 49.6 Å². The number of rotatable bonds is 3. The molecule has 1 aromatic carbocycles. The lowest BCUT2D eigenvalue weighted by molar-refractivity contribution is -0.136. The summed E-state index contributed by atoms with van der Waals surface area (Å²) < 4.78 is 31.7. The molecule has 0 saturated carbocycles. The number of hydrogen-bond donors (Lipinski definition) is 1. The highest BCUT2D eigenvalue weighted by molar-refractivity contribution is 7.89. The fraction of sp³-hybridized carbons (Fsp3) is 0.438. The first kappa shape index (κ1) is 16.2. The fourth-order valence-electron chi connectivity index (χ4n) is 3.28. The van der Waals surface area contributed by atoms with Crippen molar-refractivity contribution in [2.75, 3.05) is 13.7 Å². The minimum Gasteiger partial charge on any atom is -0.466 e. The van der Waals surface area contributed by atoms with Gasteiger partial charge in [0.15, 0.2) is 0 Å². The van der Waals surface area contributed by atoms with Crippen LogP contribution in [0.5, 0.6) is 0 Å². The summed E-state index contributed by atoms with van der Waals surface area (Å²) in [5, 5.41) is 10.2. The number of hydrogen-bond acceptors (Lipinski definition) is 5. The lowest BCUT2D eigenvalue weighted by Gasteiger charge is -2.27. The van der Waals surface area contributed by atoms with Crippen molar-refractivity contribution < 1.29 is 23.1 Å². The van der Waals surface area contributed by atoms with E-state index in [-0.39, 0.29) is 17.4 Å². The Balaban J connectivity index is 1.92. The zero-order chi connectivity index (χ0) is 16.8. The van der Waals surface area contributed by atoms with Crippen LogP contribution in [0.25, 0.3) is 0 Å². The van der Waals surface area contributed by atoms with Gasteiger partial charge in [-0.2, -0.15) is 4.31 Å². The van der Waals surface area contributed by atoms with E-state index in [1.807, 2.05) is 6.92 Å². The van der Waals surface area contributed by atoms with Crippen LogP contribution in [0.2, 0.25) is 0 Å². The van der Waals surface area contributed by atoms with Crippen molar-refractivity contribution >= 4 is 16.0 Å². The fourth-order valence-corrected chi connectivity index (χ4v) is 4.97. The monoisotopic (exact) mass is 337 g/mol. The molecule has 0 amide bonds. The molecule has 7 heteroatoms. The molecule has 2 aliphatic rings. The van der Waals surface area contributed by atoms with E-state index >= 15 is 0 Å². The first-order valence-electron chi connectivity index (χ1n) is 7.41. The van der Waals surface area contributed by atoms with Gasteiger partial charge in [-0.05, 0) is 31.6 Å². The number of esters is 1. The molecule has 1 heterocycles. The highest BCUT2D eigenvalue weighted by atomic mass is 32.2. The van der Waals surface area contributed by atoms with Crippen LogP contribution in [-0.2, 0) is 19.6 Å². The van der Waals surface area contributed by atoms with Gasteiger partial charge in [0.2, 0.25) is 10.0 Å². The summed E-state index contributed by atoms with van der Waals surface area (Å²) in [6.07, 6.45) is 0.839. The second-order valence-electron chi connectivity index (χ2n) is 5.99. The zero-order valence-corrected chi connectivity index (χ0v) is 13.8. The number of ether oxygens (including phenoxy) is 1. The first-order chi connectivity index (χ1) is 10.8. The van der Waals surface area contributed by atoms with E-state index in [4.69, 9.17) is 4.74 Å². The molecule has 1 saturated heterocycles. The van der Waals surface area contributed by atoms with Gasteiger partial charge in [-0.15, -0.1) is 0 Å². The normalized spacial score (nSPS) is 27.6. The number of aliphatic hydroxyl groups excluding tert-OH is 1. The quantitative estimate of drug-likeness (QED) is 0.827. The minimum absolute atomic E-state index is 0.179. The SMILES string of the molecule is COC(=O)C1=C[C@H](O)[C@H]2C[C@@H]1CN2S(=O)(=O)c1ccc(C)cc1. The van der Waals surface area contributed by atoms with E-state index in [0.29, 0.717) is 12.0 Å². The molecular weight excluding hydrogens is 318 g/mol. The molecule has 3 atom stereocenters. The third-order valence-electron chi connectivity index (χ3n) is 4.53. The number of fused-ring (bicyclic) bond motifs is 2. The van der Waals surface area contributed by atoms with E-state index in [9.17, 15) is 18.3 Å². The number of aryl methyl sites for hydroxylation is 1. The number of nitrogens with zero attached hydrogens (tertiary/aromatic N) is 1. The third-order valence-corrected chi connectivity index (χ3v) is 6.43. The van der Waals surface area contributed by atoms with Gasteiger partial charge in [0.25, 0.3) is 0 Å². The van der Waals surface area contributed by atoms with Crippen LogP contribution in [0.4, 0.5) is 0 Å². The highest BCUT2D eigenvalue weighted by Crippen LogP contribution is 2.39. The van der Waals surface area contributed by atoms with Crippen molar-refractivity contribution in [1.29, 1.82) is 0 Å². The summed E-state index contributed by atoms with van der Waals surface area (Å²) in [7, 11) is -2.44. The maximum atomic E-state index is 12.9. The third kappa shape index (κ3) is 2.69. The van der Waals surface area contributed by atoms with Gasteiger partial charge in [-0.25, -0.2) is 13.2 Å². The Bertz CT molecular complexity index is 753. The van der Waals surface area contributed by atoms with Crippen molar-refractivity contribution in [2.45, 2.75) is 30.4 Å². The number of carbonyl (C=O) groups is 1. The summed E-state index contributed by atoms with van der Waals surface area (Å²) in [5.41, 5.74) is 1.33. The van der Waals surface area contributed by atoms with Crippen LogP contribution in [0.3, 0.4) is 0 Å². The van der Waals surface area contributed by atoms with E-state index in [2.05, 4.69) is 0 Å². The number of methoxy groups -OCH3 is 1. The van der Waals surface area contributed by atoms with Gasteiger partial charge in [0, 0.05) is 18.0 Å². The number of carbonyl (C=O) groups excluding carboxylic acids is 1.